The van der Waals surface area contributed by atoms with Crippen LogP contribution in [0.3, 0.4) is 0 Å². The molecule has 0 amide bonds. The molecule has 98 valence electrons. The number of halogens is 1. The van der Waals surface area contributed by atoms with E-state index in [2.05, 4.69) is 0 Å². The third-order valence-corrected chi connectivity index (χ3v) is 3.96. The van der Waals surface area contributed by atoms with Crippen LogP contribution in [-0.4, -0.2) is 11.1 Å². The lowest BCUT2D eigenvalue weighted by atomic mass is 10.1. The van der Waals surface area contributed by atoms with E-state index < -0.39 is 5.97 Å². The molecule has 19 heavy (non-hydrogen) atoms. The second-order valence-corrected chi connectivity index (χ2v) is 5.39. The topological polar surface area (TPSA) is 63.3 Å². The predicted molar refractivity (Wildman–Crippen MR) is 78.8 cm³/mol. The van der Waals surface area contributed by atoms with Crippen LogP contribution in [0.4, 0.5) is 5.69 Å². The minimum Gasteiger partial charge on any atom is -0.478 e. The van der Waals surface area contributed by atoms with E-state index in [4.69, 9.17) is 22.4 Å². The van der Waals surface area contributed by atoms with Crippen molar-refractivity contribution in [2.45, 2.75) is 10.6 Å². The number of anilines is 1. The van der Waals surface area contributed by atoms with Gasteiger partial charge < -0.3 is 10.8 Å². The molecule has 0 radical (unpaired) electrons. The number of nitrogens with two attached hydrogens (primary N) is 1. The summed E-state index contributed by atoms with van der Waals surface area (Å²) < 4.78 is 0. The number of aromatic carboxylic acids is 1. The second kappa shape index (κ2) is 5.99. The Kier molecular flexibility index (Phi) is 4.35. The first-order valence-corrected chi connectivity index (χ1v) is 6.93. The van der Waals surface area contributed by atoms with E-state index in [-0.39, 0.29) is 0 Å². The Morgan fingerprint density at radius 3 is 2.74 bits per heavy atom. The molecule has 0 aliphatic carbocycles. The lowest BCUT2D eigenvalue weighted by Crippen LogP contribution is -2.01. The maximum absolute atomic E-state index is 11.1. The number of carbonyl (C=O) groups is 1. The molecule has 0 unspecified atom stereocenters. The summed E-state index contributed by atoms with van der Waals surface area (Å²) in [5.41, 5.74) is 7.58. The van der Waals surface area contributed by atoms with Crippen molar-refractivity contribution in [3.8, 4) is 0 Å². The van der Waals surface area contributed by atoms with E-state index in [9.17, 15) is 4.79 Å². The number of carboxylic acids is 1. The average Bonchev–Trinajstić information content (AvgIpc) is 2.40. The third-order valence-electron chi connectivity index (χ3n) is 2.61. The Morgan fingerprint density at radius 1 is 1.26 bits per heavy atom. The number of carboxylic acid groups (broad SMARTS) is 1. The van der Waals surface area contributed by atoms with Gasteiger partial charge in [0.2, 0.25) is 0 Å². The Morgan fingerprint density at radius 2 is 2.00 bits per heavy atom. The van der Waals surface area contributed by atoms with Crippen molar-refractivity contribution in [3.05, 3.63) is 58.6 Å². The zero-order chi connectivity index (χ0) is 13.8. The lowest BCUT2D eigenvalue weighted by molar-refractivity contribution is 0.0696. The smallest absolute Gasteiger partial charge is 0.335 e. The highest BCUT2D eigenvalue weighted by Gasteiger charge is 2.10. The van der Waals surface area contributed by atoms with Gasteiger partial charge in [-0.3, -0.25) is 0 Å². The van der Waals surface area contributed by atoms with Gasteiger partial charge in [0.25, 0.3) is 0 Å². The third kappa shape index (κ3) is 3.43. The molecule has 0 saturated heterocycles. The van der Waals surface area contributed by atoms with Crippen molar-refractivity contribution in [2.75, 3.05) is 5.73 Å². The minimum absolute atomic E-state index is 0.315. The maximum atomic E-state index is 11.1. The van der Waals surface area contributed by atoms with E-state index in [0.29, 0.717) is 22.0 Å². The van der Waals surface area contributed by atoms with E-state index >= 15 is 0 Å². The summed E-state index contributed by atoms with van der Waals surface area (Å²) in [7, 11) is 0. The van der Waals surface area contributed by atoms with Crippen LogP contribution in [0, 0.1) is 0 Å². The fourth-order valence-corrected chi connectivity index (χ4v) is 2.89. The largest absolute Gasteiger partial charge is 0.478 e. The molecule has 2 aromatic carbocycles. The van der Waals surface area contributed by atoms with Crippen LogP contribution in [0.5, 0.6) is 0 Å². The molecule has 0 aliphatic heterocycles. The number of hydrogen-bond donors (Lipinski definition) is 2. The highest BCUT2D eigenvalue weighted by Crippen LogP contribution is 2.31. The second-order valence-electron chi connectivity index (χ2n) is 3.93. The fourth-order valence-electron chi connectivity index (χ4n) is 1.64. The summed E-state index contributed by atoms with van der Waals surface area (Å²) in [6, 6.07) is 12.2. The molecule has 0 atom stereocenters. The number of rotatable bonds is 4. The fraction of sp³-hybridized carbons (Fsp3) is 0.0714. The molecular weight excluding hydrogens is 282 g/mol. The van der Waals surface area contributed by atoms with E-state index in [0.717, 1.165) is 10.5 Å². The van der Waals surface area contributed by atoms with Crippen LogP contribution in [0.1, 0.15) is 15.9 Å². The molecule has 2 rings (SSSR count). The molecule has 0 spiro atoms. The molecular formula is C14H12ClNO2S. The SMILES string of the molecule is Nc1ccc(Cl)cc1SCc1ccccc1C(=O)O. The first-order chi connectivity index (χ1) is 9.08. The molecule has 0 fully saturated rings. The number of thioether (sulfide) groups is 1. The van der Waals surface area contributed by atoms with Crippen LogP contribution < -0.4 is 5.73 Å². The van der Waals surface area contributed by atoms with E-state index in [1.165, 1.54) is 11.8 Å². The van der Waals surface area contributed by atoms with Crippen LogP contribution in [0.25, 0.3) is 0 Å². The summed E-state index contributed by atoms with van der Waals surface area (Å²) in [6.45, 7) is 0. The van der Waals surface area contributed by atoms with Crippen molar-refractivity contribution in [1.82, 2.24) is 0 Å². The lowest BCUT2D eigenvalue weighted by Gasteiger charge is -2.08. The predicted octanol–water partition coefficient (Wildman–Crippen LogP) is 3.91. The van der Waals surface area contributed by atoms with E-state index in [1.807, 2.05) is 6.07 Å². The van der Waals surface area contributed by atoms with Crippen LogP contribution in [-0.2, 0) is 5.75 Å². The zero-order valence-electron chi connectivity index (χ0n) is 9.97. The average molecular weight is 294 g/mol. The van der Waals surface area contributed by atoms with Gasteiger partial charge in [-0.25, -0.2) is 4.79 Å². The highest BCUT2D eigenvalue weighted by molar-refractivity contribution is 7.98. The van der Waals surface area contributed by atoms with Gasteiger partial charge in [-0.05, 0) is 29.8 Å². The van der Waals surface area contributed by atoms with Crippen molar-refractivity contribution >= 4 is 35.0 Å². The molecule has 0 saturated carbocycles. The van der Waals surface area contributed by atoms with Crippen molar-refractivity contribution in [1.29, 1.82) is 0 Å². The Labute approximate surface area is 120 Å². The summed E-state index contributed by atoms with van der Waals surface area (Å²) in [4.78, 5) is 12.0. The molecule has 0 aromatic heterocycles. The van der Waals surface area contributed by atoms with Gasteiger partial charge in [0.1, 0.15) is 0 Å². The molecule has 2 aromatic rings. The van der Waals surface area contributed by atoms with Gasteiger partial charge in [-0.15, -0.1) is 11.8 Å². The van der Waals surface area contributed by atoms with Gasteiger partial charge in [-0.1, -0.05) is 29.8 Å². The summed E-state index contributed by atoms with van der Waals surface area (Å²) in [5.74, 6) is -0.386. The summed E-state index contributed by atoms with van der Waals surface area (Å²) in [6.07, 6.45) is 0. The number of benzene rings is 2. The van der Waals surface area contributed by atoms with Crippen LogP contribution >= 0.6 is 23.4 Å². The minimum atomic E-state index is -0.921. The number of nitrogen functional groups attached to an aromatic ring is 1. The molecule has 0 aliphatic rings. The molecule has 3 nitrogen and oxygen atoms in total. The normalized spacial score (nSPS) is 10.4. The van der Waals surface area contributed by atoms with Crippen LogP contribution in [0.15, 0.2) is 47.4 Å². The number of hydrogen-bond acceptors (Lipinski definition) is 3. The van der Waals surface area contributed by atoms with Gasteiger partial charge in [0.05, 0.1) is 5.56 Å². The quantitative estimate of drug-likeness (QED) is 0.662. The first-order valence-electron chi connectivity index (χ1n) is 5.57. The van der Waals surface area contributed by atoms with Gasteiger partial charge in [0.15, 0.2) is 0 Å². The van der Waals surface area contributed by atoms with Crippen LogP contribution in [0.2, 0.25) is 5.02 Å². The highest BCUT2D eigenvalue weighted by atomic mass is 35.5. The van der Waals surface area contributed by atoms with Gasteiger partial charge in [0, 0.05) is 21.4 Å². The van der Waals surface area contributed by atoms with Crippen molar-refractivity contribution in [3.63, 3.8) is 0 Å². The van der Waals surface area contributed by atoms with Crippen molar-refractivity contribution in [2.24, 2.45) is 0 Å². The van der Waals surface area contributed by atoms with E-state index in [1.54, 1.807) is 36.4 Å². The monoisotopic (exact) mass is 293 g/mol. The summed E-state index contributed by atoms with van der Waals surface area (Å²) in [5, 5.41) is 9.72. The maximum Gasteiger partial charge on any atom is 0.335 e. The Hall–Kier alpha value is -1.65. The molecule has 5 heteroatoms. The molecule has 3 N–H and O–H groups in total. The van der Waals surface area contributed by atoms with Gasteiger partial charge in [-0.2, -0.15) is 0 Å². The first kappa shape index (κ1) is 13.8. The van der Waals surface area contributed by atoms with Gasteiger partial charge >= 0.3 is 5.97 Å². The Balaban J connectivity index is 2.19. The summed E-state index contributed by atoms with van der Waals surface area (Å²) >= 11 is 7.39. The Bertz CT molecular complexity index is 616. The molecule has 0 heterocycles. The standard InChI is InChI=1S/C14H12ClNO2S/c15-10-5-6-12(16)13(7-10)19-8-9-3-1-2-4-11(9)14(17)18/h1-7H,8,16H2,(H,17,18). The van der Waals surface area contributed by atoms with Crippen molar-refractivity contribution < 1.29 is 9.90 Å². The molecule has 0 bridgehead atoms. The zero-order valence-corrected chi connectivity index (χ0v) is 11.5.